The Morgan fingerprint density at radius 3 is 2.76 bits per heavy atom. The number of likely N-dealkylation sites (N-methyl/N-ethyl adjacent to an activating group) is 1. The summed E-state index contributed by atoms with van der Waals surface area (Å²) in [4.78, 5) is 18.5. The Labute approximate surface area is 126 Å². The Morgan fingerprint density at radius 1 is 1.33 bits per heavy atom. The number of benzene rings is 1. The molecular formula is C17H23N3O. The topological polar surface area (TPSA) is 45.2 Å². The molecule has 4 heteroatoms. The molecular weight excluding hydrogens is 262 g/mol. The van der Waals surface area contributed by atoms with Gasteiger partial charge in [0.1, 0.15) is 0 Å². The van der Waals surface area contributed by atoms with E-state index in [2.05, 4.69) is 41.2 Å². The van der Waals surface area contributed by atoms with Gasteiger partial charge in [0, 0.05) is 29.9 Å². The summed E-state index contributed by atoms with van der Waals surface area (Å²) in [7, 11) is 0. The number of pyridine rings is 1. The van der Waals surface area contributed by atoms with Crippen molar-refractivity contribution in [1.82, 2.24) is 10.3 Å². The van der Waals surface area contributed by atoms with Crippen molar-refractivity contribution in [3.05, 3.63) is 36.0 Å². The molecule has 0 atom stereocenters. The van der Waals surface area contributed by atoms with Crippen LogP contribution in [0.25, 0.3) is 10.9 Å². The van der Waals surface area contributed by atoms with Gasteiger partial charge >= 0.3 is 0 Å². The van der Waals surface area contributed by atoms with E-state index in [0.717, 1.165) is 23.1 Å². The number of rotatable bonds is 5. The molecule has 0 aliphatic heterocycles. The summed E-state index contributed by atoms with van der Waals surface area (Å²) >= 11 is 0. The first-order chi connectivity index (χ1) is 10.0. The van der Waals surface area contributed by atoms with Crippen LogP contribution in [0.1, 0.15) is 26.3 Å². The molecule has 2 aromatic rings. The minimum atomic E-state index is 0.0458. The lowest BCUT2D eigenvalue weighted by molar-refractivity contribution is -0.120. The molecule has 0 saturated heterocycles. The molecule has 0 aliphatic rings. The highest BCUT2D eigenvalue weighted by Gasteiger charge is 2.13. The van der Waals surface area contributed by atoms with Gasteiger partial charge in [-0.1, -0.05) is 11.6 Å². The monoisotopic (exact) mass is 285 g/mol. The lowest BCUT2D eigenvalue weighted by atomic mass is 10.1. The summed E-state index contributed by atoms with van der Waals surface area (Å²) in [5, 5.41) is 4.03. The maximum absolute atomic E-state index is 12.0. The first kappa shape index (κ1) is 15.3. The fourth-order valence-electron chi connectivity index (χ4n) is 2.43. The third-order valence-corrected chi connectivity index (χ3v) is 3.38. The molecule has 112 valence electrons. The summed E-state index contributed by atoms with van der Waals surface area (Å²) in [5.74, 6) is 0.0458. The van der Waals surface area contributed by atoms with Gasteiger partial charge in [0.05, 0.1) is 12.1 Å². The number of fused-ring (bicyclic) bond motifs is 1. The molecule has 1 amide bonds. The second kappa shape index (κ2) is 6.57. The van der Waals surface area contributed by atoms with Gasteiger partial charge in [0.25, 0.3) is 0 Å². The molecule has 1 heterocycles. The van der Waals surface area contributed by atoms with Crippen LogP contribution in [0.3, 0.4) is 0 Å². The molecule has 1 aromatic heterocycles. The van der Waals surface area contributed by atoms with E-state index in [9.17, 15) is 4.79 Å². The Morgan fingerprint density at radius 2 is 2.10 bits per heavy atom. The fraction of sp³-hybridized carbons (Fsp3) is 0.412. The molecule has 1 aromatic carbocycles. The number of amides is 1. The maximum Gasteiger partial charge on any atom is 0.239 e. The SMILES string of the molecule is CCN(CC(=O)NC(C)C)c1ccnc2ccc(C)cc12. The van der Waals surface area contributed by atoms with Gasteiger partial charge < -0.3 is 10.2 Å². The number of carbonyl (C=O) groups is 1. The normalized spacial score (nSPS) is 10.9. The lowest BCUT2D eigenvalue weighted by Gasteiger charge is -2.24. The molecule has 1 N–H and O–H groups in total. The van der Waals surface area contributed by atoms with Crippen LogP contribution in [-0.2, 0) is 4.79 Å². The highest BCUT2D eigenvalue weighted by Crippen LogP contribution is 2.26. The molecule has 0 unspecified atom stereocenters. The number of anilines is 1. The minimum absolute atomic E-state index is 0.0458. The van der Waals surface area contributed by atoms with Crippen molar-refractivity contribution in [2.75, 3.05) is 18.0 Å². The van der Waals surface area contributed by atoms with Crippen LogP contribution >= 0.6 is 0 Å². The largest absolute Gasteiger partial charge is 0.362 e. The van der Waals surface area contributed by atoms with Crippen LogP contribution in [0.4, 0.5) is 5.69 Å². The van der Waals surface area contributed by atoms with Crippen LogP contribution in [-0.4, -0.2) is 30.0 Å². The summed E-state index contributed by atoms with van der Waals surface area (Å²) in [6.07, 6.45) is 1.80. The Bertz CT molecular complexity index is 637. The van der Waals surface area contributed by atoms with E-state index in [-0.39, 0.29) is 11.9 Å². The smallest absolute Gasteiger partial charge is 0.239 e. The first-order valence-corrected chi connectivity index (χ1v) is 7.41. The number of aromatic nitrogens is 1. The highest BCUT2D eigenvalue weighted by atomic mass is 16.2. The average Bonchev–Trinajstić information content (AvgIpc) is 2.43. The number of nitrogens with zero attached hydrogens (tertiary/aromatic N) is 2. The summed E-state index contributed by atoms with van der Waals surface area (Å²) in [6, 6.07) is 8.35. The molecule has 4 nitrogen and oxygen atoms in total. The van der Waals surface area contributed by atoms with Gasteiger partial charge in [0.2, 0.25) is 5.91 Å². The van der Waals surface area contributed by atoms with Gasteiger partial charge in [-0.15, -0.1) is 0 Å². The summed E-state index contributed by atoms with van der Waals surface area (Å²) < 4.78 is 0. The first-order valence-electron chi connectivity index (χ1n) is 7.41. The second-order valence-corrected chi connectivity index (χ2v) is 5.59. The van der Waals surface area contributed by atoms with Gasteiger partial charge in [-0.3, -0.25) is 9.78 Å². The molecule has 0 spiro atoms. The fourth-order valence-corrected chi connectivity index (χ4v) is 2.43. The molecule has 0 fully saturated rings. The summed E-state index contributed by atoms with van der Waals surface area (Å²) in [5.41, 5.74) is 3.21. The standard InChI is InChI=1S/C17H23N3O/c1-5-20(11-17(21)19-12(2)3)16-8-9-18-15-7-6-13(4)10-14(15)16/h6-10,12H,5,11H2,1-4H3,(H,19,21). The van der Waals surface area contributed by atoms with Gasteiger partial charge in [-0.25, -0.2) is 0 Å². The van der Waals surface area contributed by atoms with Crippen molar-refractivity contribution in [2.45, 2.75) is 33.7 Å². The lowest BCUT2D eigenvalue weighted by Crippen LogP contribution is -2.40. The number of hydrogen-bond acceptors (Lipinski definition) is 3. The molecule has 0 bridgehead atoms. The third kappa shape index (κ3) is 3.72. The quantitative estimate of drug-likeness (QED) is 0.918. The maximum atomic E-state index is 12.0. The number of nitrogens with one attached hydrogen (secondary N) is 1. The van der Waals surface area contributed by atoms with Crippen LogP contribution in [0, 0.1) is 6.92 Å². The van der Waals surface area contributed by atoms with E-state index in [1.165, 1.54) is 5.56 Å². The average molecular weight is 285 g/mol. The van der Waals surface area contributed by atoms with E-state index in [0.29, 0.717) is 6.54 Å². The zero-order valence-electron chi connectivity index (χ0n) is 13.2. The molecule has 0 saturated carbocycles. The van der Waals surface area contributed by atoms with Gasteiger partial charge in [-0.2, -0.15) is 0 Å². The van der Waals surface area contributed by atoms with Crippen molar-refractivity contribution < 1.29 is 4.79 Å². The van der Waals surface area contributed by atoms with E-state index in [1.54, 1.807) is 6.20 Å². The Hall–Kier alpha value is -2.10. The molecule has 0 radical (unpaired) electrons. The van der Waals surface area contributed by atoms with Crippen molar-refractivity contribution in [3.8, 4) is 0 Å². The number of hydrogen-bond donors (Lipinski definition) is 1. The van der Waals surface area contributed by atoms with Crippen molar-refractivity contribution in [3.63, 3.8) is 0 Å². The predicted octanol–water partition coefficient (Wildman–Crippen LogP) is 2.89. The predicted molar refractivity (Wildman–Crippen MR) is 87.6 cm³/mol. The van der Waals surface area contributed by atoms with Gasteiger partial charge in [0.15, 0.2) is 0 Å². The van der Waals surface area contributed by atoms with E-state index >= 15 is 0 Å². The zero-order chi connectivity index (χ0) is 15.4. The van der Waals surface area contributed by atoms with E-state index in [1.807, 2.05) is 26.0 Å². The van der Waals surface area contributed by atoms with Crippen LogP contribution < -0.4 is 10.2 Å². The summed E-state index contributed by atoms with van der Waals surface area (Å²) in [6.45, 7) is 9.21. The third-order valence-electron chi connectivity index (χ3n) is 3.38. The Kier molecular flexibility index (Phi) is 4.78. The van der Waals surface area contributed by atoms with Crippen molar-refractivity contribution in [2.24, 2.45) is 0 Å². The Balaban J connectivity index is 2.33. The highest BCUT2D eigenvalue weighted by molar-refractivity contribution is 5.94. The van der Waals surface area contributed by atoms with Crippen molar-refractivity contribution in [1.29, 1.82) is 0 Å². The van der Waals surface area contributed by atoms with Crippen LogP contribution in [0.5, 0.6) is 0 Å². The van der Waals surface area contributed by atoms with E-state index < -0.39 is 0 Å². The number of aryl methyl sites for hydroxylation is 1. The zero-order valence-corrected chi connectivity index (χ0v) is 13.2. The number of carbonyl (C=O) groups excluding carboxylic acids is 1. The molecule has 21 heavy (non-hydrogen) atoms. The van der Waals surface area contributed by atoms with E-state index in [4.69, 9.17) is 0 Å². The molecule has 0 aliphatic carbocycles. The second-order valence-electron chi connectivity index (χ2n) is 5.59. The minimum Gasteiger partial charge on any atom is -0.362 e. The van der Waals surface area contributed by atoms with Crippen LogP contribution in [0.2, 0.25) is 0 Å². The van der Waals surface area contributed by atoms with Crippen LogP contribution in [0.15, 0.2) is 30.5 Å². The molecule has 2 rings (SSSR count). The van der Waals surface area contributed by atoms with Gasteiger partial charge in [-0.05, 0) is 45.9 Å². The van der Waals surface area contributed by atoms with Crippen molar-refractivity contribution >= 4 is 22.5 Å².